The Morgan fingerprint density at radius 3 is 1.25 bits per heavy atom. The van der Waals surface area contributed by atoms with Gasteiger partial charge >= 0.3 is 163 Å². The fourth-order valence-corrected chi connectivity index (χ4v) is 12.6. The first-order chi connectivity index (χ1) is 13.3. The van der Waals surface area contributed by atoms with Crippen molar-refractivity contribution in [2.45, 2.75) is 5.21 Å². The maximum Gasteiger partial charge on any atom is -1.00 e. The van der Waals surface area contributed by atoms with Crippen LogP contribution in [0.5, 0.6) is 0 Å². The van der Waals surface area contributed by atoms with E-state index in [0.29, 0.717) is 0 Å². The molecule has 0 N–H and O–H groups in total. The van der Waals surface area contributed by atoms with Gasteiger partial charge < -0.3 is 17.0 Å². The Morgan fingerprint density at radius 2 is 0.857 bits per heavy atom. The van der Waals surface area contributed by atoms with Crippen molar-refractivity contribution in [1.82, 2.24) is 0 Å². The molecule has 4 aromatic carbocycles. The Morgan fingerprint density at radius 1 is 0.500 bits per heavy atom. The van der Waals surface area contributed by atoms with Gasteiger partial charge in [-0.25, -0.2) is 0 Å². The summed E-state index contributed by atoms with van der Waals surface area (Å²) in [6.45, 7) is 0. The van der Waals surface area contributed by atoms with Crippen molar-refractivity contribution in [1.29, 1.82) is 0 Å². The minimum absolute atomic E-state index is 0. The Labute approximate surface area is 179 Å². The SMILES string of the molecule is Fc1ccccc1C[As+](c1ccccc1)(c1ccccc1)c1ccccc1.[Br-]. The zero-order valence-electron chi connectivity index (χ0n) is 15.4. The quantitative estimate of drug-likeness (QED) is 0.364. The van der Waals surface area contributed by atoms with Gasteiger partial charge in [-0.2, -0.15) is 0 Å². The molecule has 0 saturated heterocycles. The van der Waals surface area contributed by atoms with Crippen molar-refractivity contribution in [3.8, 4) is 0 Å². The first kappa shape index (κ1) is 20.6. The Kier molecular flexibility index (Phi) is 6.88. The molecule has 4 aromatic rings. The van der Waals surface area contributed by atoms with Gasteiger partial charge in [0.25, 0.3) is 0 Å². The molecule has 0 atom stereocenters. The van der Waals surface area contributed by atoms with E-state index in [2.05, 4.69) is 72.8 Å². The van der Waals surface area contributed by atoms with E-state index in [1.165, 1.54) is 13.1 Å². The molecule has 0 bridgehead atoms. The van der Waals surface area contributed by atoms with Crippen LogP contribution in [0.25, 0.3) is 0 Å². The van der Waals surface area contributed by atoms with Gasteiger partial charge in [0.15, 0.2) is 0 Å². The number of rotatable bonds is 5. The summed E-state index contributed by atoms with van der Waals surface area (Å²) < 4.78 is 18.7. The molecule has 28 heavy (non-hydrogen) atoms. The second-order valence-electron chi connectivity index (χ2n) is 6.57. The molecular weight excluding hydrogens is 474 g/mol. The van der Waals surface area contributed by atoms with Gasteiger partial charge in [0.1, 0.15) is 0 Å². The maximum atomic E-state index is 14.7. The van der Waals surface area contributed by atoms with E-state index in [-0.39, 0.29) is 22.8 Å². The van der Waals surface area contributed by atoms with Gasteiger partial charge in [-0.05, 0) is 0 Å². The van der Waals surface area contributed by atoms with Crippen molar-refractivity contribution in [3.63, 3.8) is 0 Å². The fraction of sp³-hybridized carbons (Fsp3) is 0.0400. The van der Waals surface area contributed by atoms with E-state index in [0.717, 1.165) is 10.8 Å². The molecule has 3 heteroatoms. The summed E-state index contributed by atoms with van der Waals surface area (Å²) in [6.07, 6.45) is 0. The minimum atomic E-state index is -2.90. The van der Waals surface area contributed by atoms with Gasteiger partial charge in [-0.3, -0.25) is 0 Å². The largest absolute Gasteiger partial charge is 1.00 e. The van der Waals surface area contributed by atoms with Crippen molar-refractivity contribution in [2.75, 3.05) is 0 Å². The second kappa shape index (κ2) is 9.36. The van der Waals surface area contributed by atoms with E-state index in [4.69, 9.17) is 0 Å². The van der Waals surface area contributed by atoms with E-state index in [1.807, 2.05) is 30.3 Å². The molecule has 0 nitrogen and oxygen atoms in total. The van der Waals surface area contributed by atoms with E-state index in [9.17, 15) is 4.39 Å². The Balaban J connectivity index is 0.00000225. The van der Waals surface area contributed by atoms with Crippen LogP contribution in [0.4, 0.5) is 4.39 Å². The summed E-state index contributed by atoms with van der Waals surface area (Å²) >= 11 is -2.90. The molecule has 0 heterocycles. The van der Waals surface area contributed by atoms with Crippen LogP contribution in [0.15, 0.2) is 115 Å². The average molecular weight is 495 g/mol. The standard InChI is InChI=1S/C25H21AsF.BrH/c27-25-19-11-10-12-21(25)20-26(22-13-4-1-5-14-22,23-15-6-2-7-16-23)24-17-8-3-9-18-24;/h1-19H,20H2;1H/q+1;/p-1. The number of hydrogen-bond donors (Lipinski definition) is 0. The molecule has 0 aliphatic rings. The monoisotopic (exact) mass is 494 g/mol. The summed E-state index contributed by atoms with van der Waals surface area (Å²) in [7, 11) is 0. The zero-order chi connectivity index (χ0) is 18.5. The molecular formula is C25H21AsBrF. The molecule has 0 radical (unpaired) electrons. The van der Waals surface area contributed by atoms with Crippen molar-refractivity contribution < 1.29 is 21.4 Å². The van der Waals surface area contributed by atoms with E-state index in [1.54, 1.807) is 12.1 Å². The molecule has 0 saturated carbocycles. The normalized spacial score (nSPS) is 10.9. The number of halogens is 2. The van der Waals surface area contributed by atoms with E-state index >= 15 is 0 Å². The van der Waals surface area contributed by atoms with Crippen LogP contribution in [-0.2, 0) is 5.21 Å². The third-order valence-electron chi connectivity index (χ3n) is 4.96. The van der Waals surface area contributed by atoms with Gasteiger partial charge in [-0.15, -0.1) is 0 Å². The molecule has 0 unspecified atom stereocenters. The predicted molar refractivity (Wildman–Crippen MR) is 114 cm³/mol. The molecule has 0 aromatic heterocycles. The van der Waals surface area contributed by atoms with Crippen molar-refractivity contribution >= 4 is 26.6 Å². The van der Waals surface area contributed by atoms with Crippen molar-refractivity contribution in [2.24, 2.45) is 0 Å². The Bertz CT molecular complexity index is 907. The van der Waals surface area contributed by atoms with Crippen LogP contribution in [0.2, 0.25) is 0 Å². The van der Waals surface area contributed by atoms with Gasteiger partial charge in [0.2, 0.25) is 0 Å². The first-order valence-corrected chi connectivity index (χ1v) is 13.2. The summed E-state index contributed by atoms with van der Waals surface area (Å²) in [4.78, 5) is 0. The second-order valence-corrected chi connectivity index (χ2v) is 13.9. The molecule has 4 rings (SSSR count). The van der Waals surface area contributed by atoms with Crippen LogP contribution in [0.1, 0.15) is 5.56 Å². The molecule has 0 aliphatic carbocycles. The molecule has 140 valence electrons. The number of benzene rings is 4. The first-order valence-electron chi connectivity index (χ1n) is 9.09. The summed E-state index contributed by atoms with van der Waals surface area (Å²) in [6, 6.07) is 39.2. The Hall–Kier alpha value is -2.15. The van der Waals surface area contributed by atoms with Crippen LogP contribution < -0.4 is 30.0 Å². The van der Waals surface area contributed by atoms with Gasteiger partial charge in [0.05, 0.1) is 0 Å². The smallest absolute Gasteiger partial charge is 1.00 e. The maximum absolute atomic E-state index is 14.7. The van der Waals surface area contributed by atoms with E-state index < -0.39 is 13.6 Å². The topological polar surface area (TPSA) is 0 Å². The van der Waals surface area contributed by atoms with Crippen LogP contribution in [-0.4, -0.2) is 13.6 Å². The minimum Gasteiger partial charge on any atom is -1.00 e. The van der Waals surface area contributed by atoms with Crippen LogP contribution >= 0.6 is 0 Å². The zero-order valence-corrected chi connectivity index (χ0v) is 18.8. The fourth-order valence-electron chi connectivity index (χ4n) is 3.65. The summed E-state index contributed by atoms with van der Waals surface area (Å²) in [5.41, 5.74) is 0.793. The summed E-state index contributed by atoms with van der Waals surface area (Å²) in [5.74, 6) is -0.119. The van der Waals surface area contributed by atoms with Gasteiger partial charge in [0, 0.05) is 0 Å². The van der Waals surface area contributed by atoms with Crippen molar-refractivity contribution in [3.05, 3.63) is 127 Å². The average Bonchev–Trinajstić information content (AvgIpc) is 2.75. The molecule has 0 fully saturated rings. The summed E-state index contributed by atoms with van der Waals surface area (Å²) in [5, 5.41) is 0.725. The third-order valence-corrected chi connectivity index (χ3v) is 14.1. The van der Waals surface area contributed by atoms with Gasteiger partial charge in [-0.1, -0.05) is 0 Å². The molecule has 0 spiro atoms. The number of hydrogen-bond acceptors (Lipinski definition) is 0. The molecule has 0 aliphatic heterocycles. The molecule has 0 amide bonds. The predicted octanol–water partition coefficient (Wildman–Crippen LogP) is 1.08. The third kappa shape index (κ3) is 3.99. The van der Waals surface area contributed by atoms with Crippen LogP contribution in [0.3, 0.4) is 0 Å². The van der Waals surface area contributed by atoms with Crippen LogP contribution in [0, 0.1) is 5.82 Å².